The van der Waals surface area contributed by atoms with Crippen LogP contribution in [0.15, 0.2) is 119 Å². The van der Waals surface area contributed by atoms with Gasteiger partial charge in [-0.1, -0.05) is 79.0 Å². The van der Waals surface area contributed by atoms with Crippen molar-refractivity contribution in [1.29, 1.82) is 0 Å². The lowest BCUT2D eigenvalue weighted by atomic mass is 9.76. The fourth-order valence-corrected chi connectivity index (χ4v) is 6.59. The molecule has 2 aromatic heterocycles. The second kappa shape index (κ2) is 31.3. The molecule has 2 N–H and O–H groups in total. The number of methoxy groups -OCH3 is 2. The van der Waals surface area contributed by atoms with Crippen molar-refractivity contribution in [2.75, 3.05) is 14.2 Å². The van der Waals surface area contributed by atoms with E-state index in [-0.39, 0.29) is 68.6 Å². The Labute approximate surface area is 411 Å². The third-order valence-corrected chi connectivity index (χ3v) is 10.5. The van der Waals surface area contributed by atoms with Crippen LogP contribution in [0.4, 0.5) is 0 Å². The highest BCUT2D eigenvalue weighted by atomic mass is 16.6. The molecule has 0 radical (unpaired) electrons. The maximum absolute atomic E-state index is 13.7. The minimum Gasteiger partial charge on any atom is -0.481 e. The van der Waals surface area contributed by atoms with E-state index in [1.807, 2.05) is 13.0 Å². The molecule has 20 nitrogen and oxygen atoms in total. The van der Waals surface area contributed by atoms with Crippen molar-refractivity contribution in [2.45, 2.75) is 110 Å². The summed E-state index contributed by atoms with van der Waals surface area (Å²) in [7, 11) is 2.25. The fraction of sp³-hybridized carbons (Fsp3) is 0.412. The highest BCUT2D eigenvalue weighted by Gasteiger charge is 2.53. The van der Waals surface area contributed by atoms with Crippen LogP contribution in [-0.4, -0.2) is 107 Å². The monoisotopic (exact) mass is 990 g/mol. The Kier molecular flexibility index (Phi) is 26.1. The first-order chi connectivity index (χ1) is 33.9. The zero-order valence-corrected chi connectivity index (χ0v) is 40.8. The molecule has 20 heteroatoms. The number of aliphatic carboxylic acids is 2. The average Bonchev–Trinajstić information content (AvgIpc) is 4.06. The summed E-state index contributed by atoms with van der Waals surface area (Å²) < 4.78 is 43.7. The van der Waals surface area contributed by atoms with Gasteiger partial charge in [-0.3, -0.25) is 28.8 Å². The minimum atomic E-state index is -1.84. The molecule has 6 unspecified atom stereocenters. The molecule has 2 heterocycles. The number of oxazole rings is 2. The summed E-state index contributed by atoms with van der Waals surface area (Å²) in [6.07, 6.45) is 22.1. The van der Waals surface area contributed by atoms with E-state index in [4.69, 9.17) is 47.5 Å². The van der Waals surface area contributed by atoms with Gasteiger partial charge in [0.05, 0.1) is 14.2 Å². The van der Waals surface area contributed by atoms with Gasteiger partial charge in [-0.25, -0.2) is 19.6 Å². The number of hydrogen-bond acceptors (Lipinski definition) is 18. The van der Waals surface area contributed by atoms with Gasteiger partial charge in [0.1, 0.15) is 47.8 Å². The Morgan fingerprint density at radius 2 is 1.07 bits per heavy atom. The predicted molar refractivity (Wildman–Crippen MR) is 254 cm³/mol. The van der Waals surface area contributed by atoms with E-state index in [2.05, 4.69) is 9.97 Å². The average molecular weight is 991 g/mol. The minimum absolute atomic E-state index is 0.00941. The molecule has 0 aromatic carbocycles. The Morgan fingerprint density at radius 3 is 1.49 bits per heavy atom. The molecule has 384 valence electrons. The number of carbonyl (C=O) groups excluding carboxylic acids is 6. The first kappa shape index (κ1) is 59.2. The fourth-order valence-electron chi connectivity index (χ4n) is 6.59. The summed E-state index contributed by atoms with van der Waals surface area (Å²) in [5, 5.41) is 18.0. The maximum atomic E-state index is 13.7. The second-order valence-electron chi connectivity index (χ2n) is 15.6. The first-order valence-electron chi connectivity index (χ1n) is 22.4. The van der Waals surface area contributed by atoms with Crippen LogP contribution in [0.1, 0.15) is 113 Å². The molecule has 0 saturated carbocycles. The van der Waals surface area contributed by atoms with Gasteiger partial charge in [0.25, 0.3) is 0 Å². The molecule has 6 atom stereocenters. The second-order valence-corrected chi connectivity index (χ2v) is 15.6. The van der Waals surface area contributed by atoms with Crippen molar-refractivity contribution in [3.63, 3.8) is 0 Å². The number of aromatic nitrogens is 2. The summed E-state index contributed by atoms with van der Waals surface area (Å²) >= 11 is 0. The Hall–Kier alpha value is -7.90. The van der Waals surface area contributed by atoms with Crippen LogP contribution in [0, 0.1) is 10.8 Å². The van der Waals surface area contributed by atoms with E-state index in [1.165, 1.54) is 44.2 Å². The van der Waals surface area contributed by atoms with Crippen molar-refractivity contribution in [1.82, 2.24) is 9.97 Å². The van der Waals surface area contributed by atoms with E-state index in [1.54, 1.807) is 74.6 Å². The van der Waals surface area contributed by atoms with Crippen LogP contribution in [-0.2, 0) is 57.2 Å². The molecule has 0 bridgehead atoms. The highest BCUT2D eigenvalue weighted by molar-refractivity contribution is 5.89. The molecule has 2 rings (SSSR count). The largest absolute Gasteiger partial charge is 0.481 e. The van der Waals surface area contributed by atoms with Crippen molar-refractivity contribution in [3.05, 3.63) is 127 Å². The number of rotatable bonds is 31. The van der Waals surface area contributed by atoms with Crippen LogP contribution >= 0.6 is 0 Å². The van der Waals surface area contributed by atoms with E-state index in [9.17, 15) is 38.4 Å². The number of ether oxygens (including phenoxy) is 6. The molecule has 0 aliphatic rings. The SMILES string of the molecule is C/C=C/C=C/C=C\CC(OC(=O)c1coc(/C=C/C=C/C=C\CC(OC(=O)c2cocn2)C(C)(C(=O)OC)C(/C=C/C)OC(=O)CCCC(=O)O)n1)C(C)(C(=O)OC)C(/C=C/C)OC(=O)CCCC(=O)O. The van der Waals surface area contributed by atoms with Gasteiger partial charge in [-0.2, -0.15) is 0 Å². The zero-order valence-electron chi connectivity index (χ0n) is 40.8. The highest BCUT2D eigenvalue weighted by Crippen LogP contribution is 2.38. The molecule has 71 heavy (non-hydrogen) atoms. The number of carboxylic acid groups (broad SMARTS) is 2. The van der Waals surface area contributed by atoms with Crippen LogP contribution in [0.2, 0.25) is 0 Å². The van der Waals surface area contributed by atoms with Crippen molar-refractivity contribution in [3.8, 4) is 0 Å². The topological polar surface area (TPSA) is 284 Å². The molecule has 0 saturated heterocycles. The lowest BCUT2D eigenvalue weighted by Gasteiger charge is -2.38. The number of allylic oxidation sites excluding steroid dienone is 11. The summed E-state index contributed by atoms with van der Waals surface area (Å²) in [4.78, 5) is 110. The molecule has 0 aliphatic heterocycles. The van der Waals surface area contributed by atoms with Gasteiger partial charge < -0.3 is 47.5 Å². The van der Waals surface area contributed by atoms with Crippen LogP contribution < -0.4 is 0 Å². The van der Waals surface area contributed by atoms with Crippen LogP contribution in [0.25, 0.3) is 6.08 Å². The summed E-state index contributed by atoms with van der Waals surface area (Å²) in [5.41, 5.74) is -4.14. The molecule has 0 amide bonds. The van der Waals surface area contributed by atoms with E-state index in [0.717, 1.165) is 33.1 Å². The lowest BCUT2D eigenvalue weighted by Crippen LogP contribution is -2.52. The van der Waals surface area contributed by atoms with E-state index < -0.39 is 83.0 Å². The Balaban J connectivity index is 2.40. The van der Waals surface area contributed by atoms with Gasteiger partial charge in [0.15, 0.2) is 17.8 Å². The summed E-state index contributed by atoms with van der Waals surface area (Å²) in [6, 6.07) is 0. The predicted octanol–water partition coefficient (Wildman–Crippen LogP) is 7.85. The van der Waals surface area contributed by atoms with Gasteiger partial charge in [0, 0.05) is 44.6 Å². The normalized spacial score (nSPS) is 15.5. The Bertz CT molecular complexity index is 2330. The Morgan fingerprint density at radius 1 is 0.606 bits per heavy atom. The summed E-state index contributed by atoms with van der Waals surface area (Å²) in [5.74, 6) is -7.48. The standard InChI is InChI=1S/C51H62N2O18/c1-8-11-12-13-15-18-26-40(51(5,49(63)65-7)38(24-10-3)69-45(59)31-22-29-43(56)57)71-47(61)36-33-67-41(53-36)27-20-17-14-16-19-25-39(70-46(60)35-32-66-34-52-35)50(4,48(62)64-6)37(23-9-2)68-44(58)30-21-28-42(54)55/h8-20,23-24,27,32-34,37-40H,21-22,25-26,28-31H2,1-7H3,(H,54,55)(H,56,57)/b11-8+,13-12+,17-14+,18-15-,19-16-,23-9+,24-10+,27-20+. The van der Waals surface area contributed by atoms with Crippen LogP contribution in [0.5, 0.6) is 0 Å². The quantitative estimate of drug-likeness (QED) is 0.0314. The maximum Gasteiger partial charge on any atom is 0.360 e. The van der Waals surface area contributed by atoms with Crippen molar-refractivity contribution >= 4 is 53.8 Å². The van der Waals surface area contributed by atoms with Gasteiger partial charge in [-0.05, 0) is 59.6 Å². The number of carboxylic acids is 2. The molecule has 0 aliphatic carbocycles. The van der Waals surface area contributed by atoms with E-state index in [0.29, 0.717) is 0 Å². The number of esters is 6. The van der Waals surface area contributed by atoms with E-state index >= 15 is 0 Å². The molecular formula is C51H62N2O18. The molecule has 2 aromatic rings. The third-order valence-electron chi connectivity index (χ3n) is 10.5. The van der Waals surface area contributed by atoms with Gasteiger partial charge >= 0.3 is 47.8 Å². The molecular weight excluding hydrogens is 929 g/mol. The molecule has 0 spiro atoms. The number of carbonyl (C=O) groups is 8. The lowest BCUT2D eigenvalue weighted by molar-refractivity contribution is -0.178. The van der Waals surface area contributed by atoms with Crippen molar-refractivity contribution < 1.29 is 85.8 Å². The summed E-state index contributed by atoms with van der Waals surface area (Å²) in [6.45, 7) is 7.91. The zero-order chi connectivity index (χ0) is 52.8. The van der Waals surface area contributed by atoms with Crippen LogP contribution in [0.3, 0.4) is 0 Å². The number of hydrogen-bond donors (Lipinski definition) is 2. The smallest absolute Gasteiger partial charge is 0.360 e. The molecule has 0 fully saturated rings. The van der Waals surface area contributed by atoms with Gasteiger partial charge in [0.2, 0.25) is 5.89 Å². The van der Waals surface area contributed by atoms with Crippen molar-refractivity contribution in [2.24, 2.45) is 10.8 Å². The third kappa shape index (κ3) is 19.2. The van der Waals surface area contributed by atoms with Gasteiger partial charge in [-0.15, -0.1) is 0 Å². The first-order valence-corrected chi connectivity index (χ1v) is 22.4. The number of nitrogens with zero attached hydrogens (tertiary/aromatic N) is 2.